The summed E-state index contributed by atoms with van der Waals surface area (Å²) in [5, 5.41) is 3.04. The molecule has 4 nitrogen and oxygen atoms in total. The van der Waals surface area contributed by atoms with Crippen LogP contribution in [0.25, 0.3) is 0 Å². The molecule has 0 aliphatic heterocycles. The van der Waals surface area contributed by atoms with E-state index < -0.39 is 10.0 Å². The maximum atomic E-state index is 12.4. The number of benzene rings is 1. The number of sulfonamides is 1. The Morgan fingerprint density at radius 3 is 2.62 bits per heavy atom. The summed E-state index contributed by atoms with van der Waals surface area (Å²) < 4.78 is 28.6. The van der Waals surface area contributed by atoms with Crippen molar-refractivity contribution >= 4 is 37.3 Å². The Bertz CT molecular complexity index is 726. The van der Waals surface area contributed by atoms with Crippen molar-refractivity contribution in [2.75, 3.05) is 7.05 Å². The summed E-state index contributed by atoms with van der Waals surface area (Å²) in [6.07, 6.45) is 0. The van der Waals surface area contributed by atoms with Crippen LogP contribution in [0.2, 0.25) is 0 Å². The molecule has 1 heterocycles. The van der Waals surface area contributed by atoms with Crippen molar-refractivity contribution in [3.63, 3.8) is 0 Å². The second kappa shape index (κ2) is 7.02. The molecule has 0 unspecified atom stereocenters. The van der Waals surface area contributed by atoms with Crippen LogP contribution in [0.3, 0.4) is 0 Å². The van der Waals surface area contributed by atoms with Gasteiger partial charge in [-0.1, -0.05) is 34.1 Å². The molecule has 7 heteroatoms. The minimum absolute atomic E-state index is 0.266. The van der Waals surface area contributed by atoms with Crippen LogP contribution in [0.15, 0.2) is 39.0 Å². The van der Waals surface area contributed by atoms with Crippen molar-refractivity contribution in [3.05, 3.63) is 50.8 Å². The van der Waals surface area contributed by atoms with Crippen LogP contribution in [0.5, 0.6) is 0 Å². The average Bonchev–Trinajstić information content (AvgIpc) is 2.81. The average molecular weight is 389 g/mol. The predicted molar refractivity (Wildman–Crippen MR) is 90.0 cm³/mol. The zero-order chi connectivity index (χ0) is 15.5. The molecule has 2 aromatic rings. The molecule has 0 atom stereocenters. The van der Waals surface area contributed by atoms with Gasteiger partial charge in [0.1, 0.15) is 4.21 Å². The second-order valence-corrected chi connectivity index (χ2v) is 8.60. The summed E-state index contributed by atoms with van der Waals surface area (Å²) >= 11 is 4.72. The molecular weight excluding hydrogens is 372 g/mol. The molecule has 0 aliphatic carbocycles. The third kappa shape index (κ3) is 4.14. The monoisotopic (exact) mass is 388 g/mol. The molecule has 0 amide bonds. The quantitative estimate of drug-likeness (QED) is 0.799. The van der Waals surface area contributed by atoms with Crippen LogP contribution in [-0.2, 0) is 23.1 Å². The summed E-state index contributed by atoms with van der Waals surface area (Å²) in [6.45, 7) is 2.87. The van der Waals surface area contributed by atoms with Crippen molar-refractivity contribution in [2.24, 2.45) is 0 Å². The first-order valence-electron chi connectivity index (χ1n) is 6.41. The Hall–Kier alpha value is -0.730. The molecule has 0 saturated carbocycles. The lowest BCUT2D eigenvalue weighted by Crippen LogP contribution is -2.22. The highest BCUT2D eigenvalue weighted by atomic mass is 79.9. The van der Waals surface area contributed by atoms with Gasteiger partial charge in [0, 0.05) is 22.4 Å². The number of nitrogens with one attached hydrogen (secondary N) is 2. The van der Waals surface area contributed by atoms with Gasteiger partial charge in [-0.3, -0.25) is 0 Å². The van der Waals surface area contributed by atoms with E-state index in [1.165, 1.54) is 11.3 Å². The first-order chi connectivity index (χ1) is 9.94. The minimum atomic E-state index is -3.48. The molecule has 0 fully saturated rings. The number of aryl methyl sites for hydroxylation is 1. The van der Waals surface area contributed by atoms with E-state index in [1.54, 1.807) is 6.07 Å². The fourth-order valence-corrected chi connectivity index (χ4v) is 4.92. The van der Waals surface area contributed by atoms with Crippen molar-refractivity contribution < 1.29 is 8.42 Å². The van der Waals surface area contributed by atoms with Crippen LogP contribution in [0.4, 0.5) is 0 Å². The van der Waals surface area contributed by atoms with Crippen LogP contribution in [-0.4, -0.2) is 15.5 Å². The van der Waals surface area contributed by atoms with Crippen LogP contribution in [0, 0.1) is 6.92 Å². The van der Waals surface area contributed by atoms with E-state index >= 15 is 0 Å². The van der Waals surface area contributed by atoms with E-state index in [0.29, 0.717) is 10.8 Å². The first kappa shape index (κ1) is 16.6. The Morgan fingerprint density at radius 1 is 1.24 bits per heavy atom. The van der Waals surface area contributed by atoms with Gasteiger partial charge in [0.25, 0.3) is 0 Å². The van der Waals surface area contributed by atoms with E-state index in [9.17, 15) is 8.42 Å². The lowest BCUT2D eigenvalue weighted by Gasteiger charge is -2.06. The lowest BCUT2D eigenvalue weighted by molar-refractivity contribution is 0.583. The van der Waals surface area contributed by atoms with Gasteiger partial charge in [-0.2, -0.15) is 0 Å². The molecular formula is C14H17BrN2O2S2. The van der Waals surface area contributed by atoms with Gasteiger partial charge in [-0.05, 0) is 37.2 Å². The third-order valence-electron chi connectivity index (χ3n) is 3.01. The zero-order valence-electron chi connectivity index (χ0n) is 11.8. The summed E-state index contributed by atoms with van der Waals surface area (Å²) in [5.74, 6) is 0. The molecule has 1 aromatic heterocycles. The Kier molecular flexibility index (Phi) is 5.56. The number of halogens is 1. The Balaban J connectivity index is 2.15. The molecule has 1 aromatic carbocycles. The normalized spacial score (nSPS) is 11.8. The van der Waals surface area contributed by atoms with E-state index in [1.807, 2.05) is 38.2 Å². The highest BCUT2D eigenvalue weighted by Gasteiger charge is 2.18. The minimum Gasteiger partial charge on any atom is -0.315 e. The molecule has 0 aliphatic rings. The molecule has 114 valence electrons. The summed E-state index contributed by atoms with van der Waals surface area (Å²) in [6, 6.07) is 9.28. The van der Waals surface area contributed by atoms with Gasteiger partial charge >= 0.3 is 0 Å². The molecule has 2 rings (SSSR count). The summed E-state index contributed by atoms with van der Waals surface area (Å²) in [7, 11) is -1.63. The first-order valence-corrected chi connectivity index (χ1v) is 9.50. The van der Waals surface area contributed by atoms with Crippen molar-refractivity contribution in [3.8, 4) is 0 Å². The van der Waals surface area contributed by atoms with E-state index in [4.69, 9.17) is 0 Å². The molecule has 21 heavy (non-hydrogen) atoms. The highest BCUT2D eigenvalue weighted by molar-refractivity contribution is 9.10. The van der Waals surface area contributed by atoms with Gasteiger partial charge in [0.2, 0.25) is 10.0 Å². The zero-order valence-corrected chi connectivity index (χ0v) is 15.0. The van der Waals surface area contributed by atoms with Crippen molar-refractivity contribution in [1.29, 1.82) is 0 Å². The second-order valence-electron chi connectivity index (χ2n) is 4.62. The van der Waals surface area contributed by atoms with E-state index in [0.717, 1.165) is 20.5 Å². The van der Waals surface area contributed by atoms with E-state index in [2.05, 4.69) is 26.0 Å². The van der Waals surface area contributed by atoms with Gasteiger partial charge in [-0.15, -0.1) is 11.3 Å². The van der Waals surface area contributed by atoms with Crippen molar-refractivity contribution in [1.82, 2.24) is 10.0 Å². The third-order valence-corrected chi connectivity index (χ3v) is 6.90. The van der Waals surface area contributed by atoms with Gasteiger partial charge in [0.15, 0.2) is 0 Å². The standard InChI is InChI=1S/C14H17BrN2O2S2/c1-10-7-14(20-13(10)9-16-2)21(18,19)17-8-11-5-3-4-6-12(11)15/h3-7,16-17H,8-9H2,1-2H3. The smallest absolute Gasteiger partial charge is 0.250 e. The Morgan fingerprint density at radius 2 is 1.95 bits per heavy atom. The van der Waals surface area contributed by atoms with Crippen LogP contribution in [0.1, 0.15) is 16.0 Å². The van der Waals surface area contributed by atoms with Gasteiger partial charge in [-0.25, -0.2) is 13.1 Å². The lowest BCUT2D eigenvalue weighted by atomic mass is 10.2. The van der Waals surface area contributed by atoms with Crippen LogP contribution < -0.4 is 10.0 Å². The fraction of sp³-hybridized carbons (Fsp3) is 0.286. The molecule has 2 N–H and O–H groups in total. The maximum Gasteiger partial charge on any atom is 0.250 e. The van der Waals surface area contributed by atoms with E-state index in [-0.39, 0.29) is 6.54 Å². The molecule has 0 bridgehead atoms. The molecule has 0 saturated heterocycles. The van der Waals surface area contributed by atoms with Crippen molar-refractivity contribution in [2.45, 2.75) is 24.2 Å². The Labute approximate surface area is 137 Å². The molecule has 0 spiro atoms. The molecule has 0 radical (unpaired) electrons. The predicted octanol–water partition coefficient (Wildman–Crippen LogP) is 3.02. The highest BCUT2D eigenvalue weighted by Crippen LogP contribution is 2.26. The van der Waals surface area contributed by atoms with Crippen LogP contribution >= 0.6 is 27.3 Å². The fourth-order valence-electron chi connectivity index (χ4n) is 1.84. The summed E-state index contributed by atoms with van der Waals surface area (Å²) in [4.78, 5) is 1.04. The number of rotatable bonds is 6. The topological polar surface area (TPSA) is 58.2 Å². The van der Waals surface area contributed by atoms with Gasteiger partial charge < -0.3 is 5.32 Å². The van der Waals surface area contributed by atoms with Gasteiger partial charge in [0.05, 0.1) is 0 Å². The number of thiophene rings is 1. The summed E-state index contributed by atoms with van der Waals surface area (Å²) in [5.41, 5.74) is 1.90. The maximum absolute atomic E-state index is 12.4. The largest absolute Gasteiger partial charge is 0.315 e. The number of hydrogen-bond acceptors (Lipinski definition) is 4. The number of hydrogen-bond donors (Lipinski definition) is 2. The SMILES string of the molecule is CNCc1sc(S(=O)(=O)NCc2ccccc2Br)cc1C.